The molecule has 0 aromatic carbocycles. The van der Waals surface area contributed by atoms with E-state index in [1.54, 1.807) is 7.05 Å². The van der Waals surface area contributed by atoms with Gasteiger partial charge in [0.15, 0.2) is 5.78 Å². The van der Waals surface area contributed by atoms with E-state index < -0.39 is 0 Å². The van der Waals surface area contributed by atoms with E-state index in [1.165, 1.54) is 0 Å². The molecule has 22 heavy (non-hydrogen) atoms. The molecular formula is C14H24N4O3S. The minimum atomic E-state index is -0.0720. The molecule has 0 bridgehead atoms. The van der Waals surface area contributed by atoms with E-state index >= 15 is 0 Å². The number of nitrogens with one attached hydrogen (secondary N) is 4. The maximum atomic E-state index is 11.6. The number of urea groups is 1. The molecule has 2 fully saturated rings. The number of likely N-dealkylation sites (N-methyl/N-ethyl adjacent to an activating group) is 1. The fourth-order valence-corrected chi connectivity index (χ4v) is 4.36. The lowest BCUT2D eigenvalue weighted by atomic mass is 10.0. The second-order valence-corrected chi connectivity index (χ2v) is 6.99. The molecule has 2 rings (SSSR count). The topological polar surface area (TPSA) is 99.3 Å². The third-order valence-electron chi connectivity index (χ3n) is 3.94. The maximum absolute atomic E-state index is 11.6. The number of ketones is 1. The summed E-state index contributed by atoms with van der Waals surface area (Å²) in [7, 11) is 1.70. The van der Waals surface area contributed by atoms with Crippen LogP contribution in [0.4, 0.5) is 4.79 Å². The molecule has 0 aliphatic carbocycles. The first-order chi connectivity index (χ1) is 10.6. The summed E-state index contributed by atoms with van der Waals surface area (Å²) in [6.07, 6.45) is 3.21. The predicted octanol–water partition coefficient (Wildman–Crippen LogP) is -0.383. The Kier molecular flexibility index (Phi) is 6.50. The van der Waals surface area contributed by atoms with E-state index in [-0.39, 0.29) is 42.9 Å². The molecule has 0 radical (unpaired) electrons. The molecule has 2 saturated heterocycles. The highest BCUT2D eigenvalue weighted by atomic mass is 32.2. The minimum Gasteiger partial charge on any atom is -0.349 e. The Labute approximate surface area is 134 Å². The van der Waals surface area contributed by atoms with Crippen molar-refractivity contribution in [2.24, 2.45) is 0 Å². The van der Waals surface area contributed by atoms with E-state index in [4.69, 9.17) is 0 Å². The Hall–Kier alpha value is -1.28. The molecule has 0 aromatic heterocycles. The van der Waals surface area contributed by atoms with Crippen molar-refractivity contribution in [3.63, 3.8) is 0 Å². The lowest BCUT2D eigenvalue weighted by Gasteiger charge is -2.16. The first-order valence-electron chi connectivity index (χ1n) is 7.72. The number of rotatable bonds is 9. The van der Waals surface area contributed by atoms with Gasteiger partial charge in [-0.3, -0.25) is 9.59 Å². The van der Waals surface area contributed by atoms with Gasteiger partial charge in [0.2, 0.25) is 5.91 Å². The lowest BCUT2D eigenvalue weighted by molar-refractivity contribution is -0.124. The van der Waals surface area contributed by atoms with E-state index in [2.05, 4.69) is 21.3 Å². The van der Waals surface area contributed by atoms with Gasteiger partial charge in [0.25, 0.3) is 0 Å². The molecule has 0 saturated carbocycles. The summed E-state index contributed by atoms with van der Waals surface area (Å²) in [4.78, 5) is 34.2. The highest BCUT2D eigenvalue weighted by Gasteiger charge is 2.42. The number of carbonyl (C=O) groups is 3. The Morgan fingerprint density at radius 2 is 2.09 bits per heavy atom. The Bertz CT molecular complexity index is 432. The zero-order valence-electron chi connectivity index (χ0n) is 12.8. The molecule has 3 unspecified atom stereocenters. The van der Waals surface area contributed by atoms with Crippen LogP contribution >= 0.6 is 11.8 Å². The largest absolute Gasteiger partial charge is 0.349 e. The summed E-state index contributed by atoms with van der Waals surface area (Å²) in [5.41, 5.74) is 0. The van der Waals surface area contributed by atoms with Gasteiger partial charge >= 0.3 is 6.03 Å². The normalized spacial score (nSPS) is 26.2. The molecule has 2 heterocycles. The number of thioether (sulfide) groups is 1. The van der Waals surface area contributed by atoms with Crippen LogP contribution in [0.1, 0.15) is 25.7 Å². The summed E-state index contributed by atoms with van der Waals surface area (Å²) in [6, 6.07) is 0.417. The van der Waals surface area contributed by atoms with E-state index in [0.717, 1.165) is 25.0 Å². The van der Waals surface area contributed by atoms with Crippen LogP contribution in [0, 0.1) is 0 Å². The van der Waals surface area contributed by atoms with Crippen LogP contribution in [0.15, 0.2) is 0 Å². The molecule has 2 aliphatic rings. The summed E-state index contributed by atoms with van der Waals surface area (Å²) in [5.74, 6) is 0.869. The molecule has 2 aliphatic heterocycles. The van der Waals surface area contributed by atoms with Gasteiger partial charge in [-0.15, -0.1) is 0 Å². The van der Waals surface area contributed by atoms with Crippen molar-refractivity contribution in [1.29, 1.82) is 0 Å². The molecular weight excluding hydrogens is 304 g/mol. The van der Waals surface area contributed by atoms with E-state index in [0.29, 0.717) is 11.7 Å². The van der Waals surface area contributed by atoms with Crippen LogP contribution in [-0.2, 0) is 9.59 Å². The predicted molar refractivity (Wildman–Crippen MR) is 85.9 cm³/mol. The van der Waals surface area contributed by atoms with Gasteiger partial charge in [-0.2, -0.15) is 11.8 Å². The average Bonchev–Trinajstić information content (AvgIpc) is 3.01. The number of unbranched alkanes of at least 4 members (excludes halogenated alkanes) is 1. The number of Topliss-reactive ketones (excluding diaryl/α,β-unsaturated/α-hetero) is 1. The third kappa shape index (κ3) is 4.88. The van der Waals surface area contributed by atoms with Crippen molar-refractivity contribution < 1.29 is 14.4 Å². The van der Waals surface area contributed by atoms with Crippen molar-refractivity contribution in [1.82, 2.24) is 21.3 Å². The van der Waals surface area contributed by atoms with Crippen LogP contribution < -0.4 is 21.3 Å². The summed E-state index contributed by atoms with van der Waals surface area (Å²) in [6.45, 7) is 0.376. The van der Waals surface area contributed by atoms with Crippen LogP contribution in [0.2, 0.25) is 0 Å². The van der Waals surface area contributed by atoms with Crippen molar-refractivity contribution in [3.8, 4) is 0 Å². The number of amides is 3. The first kappa shape index (κ1) is 17.1. The monoisotopic (exact) mass is 328 g/mol. The van der Waals surface area contributed by atoms with Crippen molar-refractivity contribution in [2.45, 2.75) is 43.0 Å². The highest BCUT2D eigenvalue weighted by molar-refractivity contribution is 8.00. The number of hydrogen-bond donors (Lipinski definition) is 4. The van der Waals surface area contributed by atoms with Gasteiger partial charge in [0, 0.05) is 17.4 Å². The molecule has 3 amide bonds. The number of hydrogen-bond acceptors (Lipinski definition) is 5. The van der Waals surface area contributed by atoms with Crippen LogP contribution in [-0.4, -0.2) is 60.9 Å². The van der Waals surface area contributed by atoms with E-state index in [1.807, 2.05) is 11.8 Å². The van der Waals surface area contributed by atoms with Crippen LogP contribution in [0.5, 0.6) is 0 Å². The molecule has 3 atom stereocenters. The zero-order chi connectivity index (χ0) is 15.9. The van der Waals surface area contributed by atoms with Gasteiger partial charge in [0.1, 0.15) is 0 Å². The van der Waals surface area contributed by atoms with Gasteiger partial charge < -0.3 is 21.3 Å². The fourth-order valence-electron chi connectivity index (χ4n) is 2.82. The summed E-state index contributed by atoms with van der Waals surface area (Å²) < 4.78 is 0. The SMILES string of the molecule is CNCC(=O)CNC(=O)CCCCC1SCC2NC(=O)NC21. The molecule has 4 N–H and O–H groups in total. The highest BCUT2D eigenvalue weighted by Crippen LogP contribution is 2.33. The zero-order valence-corrected chi connectivity index (χ0v) is 13.6. The summed E-state index contributed by atoms with van der Waals surface area (Å²) in [5, 5.41) is 11.7. The Balaban J connectivity index is 1.55. The number of carbonyl (C=O) groups excluding carboxylic acids is 3. The first-order valence-corrected chi connectivity index (χ1v) is 8.76. The van der Waals surface area contributed by atoms with Crippen LogP contribution in [0.25, 0.3) is 0 Å². The van der Waals surface area contributed by atoms with Crippen molar-refractivity contribution in [2.75, 3.05) is 25.9 Å². The third-order valence-corrected chi connectivity index (χ3v) is 5.45. The lowest BCUT2D eigenvalue weighted by Crippen LogP contribution is -2.36. The average molecular weight is 328 g/mol. The molecule has 124 valence electrons. The molecule has 0 spiro atoms. The van der Waals surface area contributed by atoms with Crippen molar-refractivity contribution in [3.05, 3.63) is 0 Å². The molecule has 8 heteroatoms. The Morgan fingerprint density at radius 3 is 2.86 bits per heavy atom. The minimum absolute atomic E-state index is 0.0197. The quantitative estimate of drug-likeness (QED) is 0.341. The standard InChI is InChI=1S/C14H24N4O3S/c1-15-6-9(19)7-16-12(20)5-3-2-4-11-13-10(8-22-11)17-14(21)18-13/h10-11,13,15H,2-8H2,1H3,(H,16,20)(H2,17,18,21). The second kappa shape index (κ2) is 8.38. The summed E-state index contributed by atoms with van der Waals surface area (Å²) >= 11 is 1.89. The van der Waals surface area contributed by atoms with Gasteiger partial charge in [-0.25, -0.2) is 4.79 Å². The maximum Gasteiger partial charge on any atom is 0.315 e. The smallest absolute Gasteiger partial charge is 0.315 e. The Morgan fingerprint density at radius 1 is 1.27 bits per heavy atom. The second-order valence-electron chi connectivity index (χ2n) is 5.71. The molecule has 7 nitrogen and oxygen atoms in total. The number of fused-ring (bicyclic) bond motifs is 1. The van der Waals surface area contributed by atoms with Gasteiger partial charge in [-0.1, -0.05) is 6.42 Å². The van der Waals surface area contributed by atoms with Crippen molar-refractivity contribution >= 4 is 29.5 Å². The van der Waals surface area contributed by atoms with E-state index in [9.17, 15) is 14.4 Å². The van der Waals surface area contributed by atoms with Gasteiger partial charge in [-0.05, 0) is 19.9 Å². The molecule has 0 aromatic rings. The van der Waals surface area contributed by atoms with Crippen LogP contribution in [0.3, 0.4) is 0 Å². The fraction of sp³-hybridized carbons (Fsp3) is 0.786. The van der Waals surface area contributed by atoms with Gasteiger partial charge in [0.05, 0.1) is 25.2 Å².